The van der Waals surface area contributed by atoms with Crippen molar-refractivity contribution in [3.8, 4) is 11.5 Å². The highest BCUT2D eigenvalue weighted by molar-refractivity contribution is 6.53. The number of rotatable bonds is 8. The van der Waals surface area contributed by atoms with E-state index in [1.807, 2.05) is 0 Å². The van der Waals surface area contributed by atoms with E-state index in [1.54, 1.807) is 74.7 Å². The number of imide groups is 1. The molecule has 0 atom stereocenters. The third kappa shape index (κ3) is 5.40. The normalized spacial score (nSPS) is 13.2. The minimum absolute atomic E-state index is 0.0388. The molecule has 3 aromatic rings. The maximum absolute atomic E-state index is 13.1. The van der Waals surface area contributed by atoms with E-state index < -0.39 is 11.8 Å². The molecule has 0 unspecified atom stereocenters. The van der Waals surface area contributed by atoms with E-state index >= 15 is 0 Å². The van der Waals surface area contributed by atoms with Gasteiger partial charge < -0.3 is 20.1 Å². The van der Waals surface area contributed by atoms with Crippen molar-refractivity contribution >= 4 is 58.0 Å². The smallest absolute Gasteiger partial charge is 0.283 e. The van der Waals surface area contributed by atoms with Crippen LogP contribution < -0.4 is 25.0 Å². The Hall–Kier alpha value is -4.01. The number of benzene rings is 3. The number of carbonyl (C=O) groups is 3. The summed E-state index contributed by atoms with van der Waals surface area (Å²) in [7, 11) is 3.06. The van der Waals surface area contributed by atoms with E-state index in [9.17, 15) is 14.4 Å². The van der Waals surface area contributed by atoms with Crippen LogP contribution in [0.2, 0.25) is 5.02 Å². The molecule has 0 bridgehead atoms. The zero-order chi connectivity index (χ0) is 26.7. The second-order valence-electron chi connectivity index (χ2n) is 8.13. The lowest BCUT2D eigenvalue weighted by Gasteiger charge is -2.18. The fourth-order valence-electron chi connectivity index (χ4n) is 3.80. The average Bonchev–Trinajstić information content (AvgIpc) is 3.10. The molecule has 1 heterocycles. The lowest BCUT2D eigenvalue weighted by molar-refractivity contribution is -0.120. The molecular formula is C27H23Cl2N3O5. The standard InChI is InChI=1S/C27H23Cl2N3O5/c1-15-19(28)5-4-6-21(15)32-26(34)24(29)25(27(32)35)30-17-9-7-16(8-10-17)13-23(33)31-20-12-11-18(36-2)14-22(20)37-3/h4-12,14,30H,13H2,1-3H3,(H,31,33). The van der Waals surface area contributed by atoms with Gasteiger partial charge in [-0.2, -0.15) is 0 Å². The molecule has 10 heteroatoms. The van der Waals surface area contributed by atoms with Gasteiger partial charge in [0.05, 0.1) is 32.0 Å². The maximum atomic E-state index is 13.1. The Labute approximate surface area is 223 Å². The van der Waals surface area contributed by atoms with Crippen LogP contribution in [-0.4, -0.2) is 31.9 Å². The molecule has 8 nitrogen and oxygen atoms in total. The molecule has 190 valence electrons. The van der Waals surface area contributed by atoms with Crippen molar-refractivity contribution in [3.05, 3.63) is 87.5 Å². The molecule has 3 amide bonds. The van der Waals surface area contributed by atoms with Crippen molar-refractivity contribution in [2.75, 3.05) is 29.8 Å². The number of hydrogen-bond donors (Lipinski definition) is 2. The van der Waals surface area contributed by atoms with Gasteiger partial charge in [-0.1, -0.05) is 41.4 Å². The molecule has 0 radical (unpaired) electrons. The number of amides is 3. The van der Waals surface area contributed by atoms with Gasteiger partial charge in [0.25, 0.3) is 11.8 Å². The van der Waals surface area contributed by atoms with E-state index in [0.29, 0.717) is 39.1 Å². The predicted molar refractivity (Wildman–Crippen MR) is 144 cm³/mol. The Morgan fingerprint density at radius 1 is 0.946 bits per heavy atom. The molecule has 3 aromatic carbocycles. The minimum Gasteiger partial charge on any atom is -0.497 e. The number of methoxy groups -OCH3 is 2. The van der Waals surface area contributed by atoms with E-state index in [4.69, 9.17) is 32.7 Å². The molecule has 0 fully saturated rings. The van der Waals surface area contributed by atoms with Crippen molar-refractivity contribution in [1.29, 1.82) is 0 Å². The fraction of sp³-hybridized carbons (Fsp3) is 0.148. The second kappa shape index (κ2) is 10.9. The van der Waals surface area contributed by atoms with Gasteiger partial charge in [0.15, 0.2) is 0 Å². The number of halogens is 2. The minimum atomic E-state index is -0.637. The average molecular weight is 540 g/mol. The largest absolute Gasteiger partial charge is 0.497 e. The summed E-state index contributed by atoms with van der Waals surface area (Å²) >= 11 is 12.4. The quantitative estimate of drug-likeness (QED) is 0.378. The number of ether oxygens (including phenoxy) is 2. The Bertz CT molecular complexity index is 1420. The van der Waals surface area contributed by atoms with Crippen molar-refractivity contribution < 1.29 is 23.9 Å². The van der Waals surface area contributed by atoms with Crippen LogP contribution in [-0.2, 0) is 20.8 Å². The molecule has 2 N–H and O–H groups in total. The summed E-state index contributed by atoms with van der Waals surface area (Å²) in [6.45, 7) is 1.72. The summed E-state index contributed by atoms with van der Waals surface area (Å²) < 4.78 is 10.5. The van der Waals surface area contributed by atoms with Gasteiger partial charge in [-0.3, -0.25) is 14.4 Å². The van der Waals surface area contributed by atoms with Crippen LogP contribution >= 0.6 is 23.2 Å². The molecule has 37 heavy (non-hydrogen) atoms. The Kier molecular flexibility index (Phi) is 7.71. The zero-order valence-electron chi connectivity index (χ0n) is 20.2. The zero-order valence-corrected chi connectivity index (χ0v) is 21.7. The molecule has 1 aliphatic rings. The Balaban J connectivity index is 1.43. The van der Waals surface area contributed by atoms with E-state index in [-0.39, 0.29) is 23.1 Å². The van der Waals surface area contributed by atoms with Crippen LogP contribution in [0.15, 0.2) is 71.4 Å². The van der Waals surface area contributed by atoms with Crippen molar-refractivity contribution in [1.82, 2.24) is 0 Å². The molecular weight excluding hydrogens is 517 g/mol. The van der Waals surface area contributed by atoms with Crippen LogP contribution in [0.5, 0.6) is 11.5 Å². The molecule has 0 spiro atoms. The summed E-state index contributed by atoms with van der Waals surface area (Å²) in [4.78, 5) is 39.4. The van der Waals surface area contributed by atoms with Gasteiger partial charge in [0.1, 0.15) is 22.2 Å². The summed E-state index contributed by atoms with van der Waals surface area (Å²) in [6.07, 6.45) is 0.109. The molecule has 0 saturated heterocycles. The first-order valence-electron chi connectivity index (χ1n) is 11.1. The van der Waals surface area contributed by atoms with Crippen LogP contribution in [0.25, 0.3) is 0 Å². The van der Waals surface area contributed by atoms with Gasteiger partial charge in [-0.25, -0.2) is 4.90 Å². The highest BCUT2D eigenvalue weighted by Crippen LogP contribution is 2.34. The van der Waals surface area contributed by atoms with Gasteiger partial charge in [-0.05, 0) is 54.4 Å². The molecule has 0 aromatic heterocycles. The number of anilines is 3. The summed E-state index contributed by atoms with van der Waals surface area (Å²) in [5, 5.41) is 5.96. The van der Waals surface area contributed by atoms with Crippen molar-refractivity contribution in [3.63, 3.8) is 0 Å². The molecule has 1 aliphatic heterocycles. The Morgan fingerprint density at radius 3 is 2.35 bits per heavy atom. The lowest BCUT2D eigenvalue weighted by Crippen LogP contribution is -2.32. The first-order chi connectivity index (χ1) is 17.7. The first kappa shape index (κ1) is 26.1. The maximum Gasteiger partial charge on any atom is 0.283 e. The monoisotopic (exact) mass is 539 g/mol. The van der Waals surface area contributed by atoms with Crippen molar-refractivity contribution in [2.24, 2.45) is 0 Å². The van der Waals surface area contributed by atoms with E-state index in [2.05, 4.69) is 10.6 Å². The first-order valence-corrected chi connectivity index (χ1v) is 11.9. The highest BCUT2D eigenvalue weighted by atomic mass is 35.5. The topological polar surface area (TPSA) is 97.0 Å². The van der Waals surface area contributed by atoms with Crippen LogP contribution in [0.1, 0.15) is 11.1 Å². The van der Waals surface area contributed by atoms with Gasteiger partial charge in [0, 0.05) is 16.8 Å². The fourth-order valence-corrected chi connectivity index (χ4v) is 4.18. The van der Waals surface area contributed by atoms with Crippen LogP contribution in [0.3, 0.4) is 0 Å². The van der Waals surface area contributed by atoms with E-state index in [0.717, 1.165) is 10.5 Å². The third-order valence-electron chi connectivity index (χ3n) is 5.78. The van der Waals surface area contributed by atoms with Crippen molar-refractivity contribution in [2.45, 2.75) is 13.3 Å². The lowest BCUT2D eigenvalue weighted by atomic mass is 10.1. The highest BCUT2D eigenvalue weighted by Gasteiger charge is 2.39. The van der Waals surface area contributed by atoms with Gasteiger partial charge in [0.2, 0.25) is 5.91 Å². The molecule has 4 rings (SSSR count). The van der Waals surface area contributed by atoms with E-state index in [1.165, 1.54) is 7.11 Å². The molecule has 0 aliphatic carbocycles. The third-order valence-corrected chi connectivity index (χ3v) is 6.54. The number of nitrogens with one attached hydrogen (secondary N) is 2. The SMILES string of the molecule is COc1ccc(NC(=O)Cc2ccc(NC3=C(Cl)C(=O)N(c4cccc(Cl)c4C)C3=O)cc2)c(OC)c1. The van der Waals surface area contributed by atoms with Gasteiger partial charge in [-0.15, -0.1) is 0 Å². The number of nitrogens with zero attached hydrogens (tertiary/aromatic N) is 1. The van der Waals surface area contributed by atoms with Crippen LogP contribution in [0.4, 0.5) is 17.1 Å². The van der Waals surface area contributed by atoms with Gasteiger partial charge >= 0.3 is 0 Å². The van der Waals surface area contributed by atoms with Crippen LogP contribution in [0, 0.1) is 6.92 Å². The summed E-state index contributed by atoms with van der Waals surface area (Å²) in [5.41, 5.74) is 2.71. The molecule has 0 saturated carbocycles. The predicted octanol–water partition coefficient (Wildman–Crippen LogP) is 5.28. The summed E-state index contributed by atoms with van der Waals surface area (Å²) in [6, 6.07) is 16.9. The number of carbonyl (C=O) groups excluding carboxylic acids is 3. The summed E-state index contributed by atoms with van der Waals surface area (Å²) in [5.74, 6) is -0.366. The Morgan fingerprint density at radius 2 is 1.68 bits per heavy atom. The second-order valence-corrected chi connectivity index (χ2v) is 8.92. The number of hydrogen-bond acceptors (Lipinski definition) is 6.